The van der Waals surface area contributed by atoms with E-state index in [9.17, 15) is 5.11 Å². The van der Waals surface area contributed by atoms with Crippen molar-refractivity contribution in [3.8, 4) is 5.75 Å². The predicted octanol–water partition coefficient (Wildman–Crippen LogP) is 2.80. The van der Waals surface area contributed by atoms with Crippen LogP contribution < -0.4 is 0 Å². The Hall–Kier alpha value is -1.44. The van der Waals surface area contributed by atoms with E-state index in [0.717, 1.165) is 16.6 Å². The molecule has 2 rings (SSSR count). The summed E-state index contributed by atoms with van der Waals surface area (Å²) in [5.74, 6) is 0.330. The van der Waals surface area contributed by atoms with Gasteiger partial charge in [0.1, 0.15) is 5.75 Å². The molecule has 68 valence electrons. The molecule has 0 saturated carbocycles. The summed E-state index contributed by atoms with van der Waals surface area (Å²) in [6, 6.07) is 3.67. The highest BCUT2D eigenvalue weighted by molar-refractivity contribution is 5.91. The highest BCUT2D eigenvalue weighted by Gasteiger charge is 2.09. The minimum atomic E-state index is 0.330. The highest BCUT2D eigenvalue weighted by Crippen LogP contribution is 2.30. The molecule has 2 nitrogen and oxygen atoms in total. The zero-order valence-electron chi connectivity index (χ0n) is 8.10. The van der Waals surface area contributed by atoms with Crippen LogP contribution in [-0.4, -0.2) is 10.1 Å². The maximum Gasteiger partial charge on any atom is 0.139 e. The van der Waals surface area contributed by atoms with E-state index in [1.807, 2.05) is 13.0 Å². The zero-order chi connectivity index (χ0) is 9.59. The molecule has 2 N–H and O–H groups in total. The van der Waals surface area contributed by atoms with Crippen LogP contribution in [0.25, 0.3) is 10.9 Å². The Labute approximate surface area is 77.2 Å². The number of phenols is 1. The van der Waals surface area contributed by atoms with Gasteiger partial charge in [0.15, 0.2) is 0 Å². The van der Waals surface area contributed by atoms with Crippen LogP contribution in [0.4, 0.5) is 0 Å². The first kappa shape index (κ1) is 8.17. The standard InChI is InChI=1S/C11H13NO/c1-6-4-5-9(13)11-10(6)7(2)8(3)12-11/h4-5,12-13H,1-3H3. The van der Waals surface area contributed by atoms with Gasteiger partial charge in [0.2, 0.25) is 0 Å². The lowest BCUT2D eigenvalue weighted by molar-refractivity contribution is 0.480. The van der Waals surface area contributed by atoms with Crippen molar-refractivity contribution in [3.63, 3.8) is 0 Å². The summed E-state index contributed by atoms with van der Waals surface area (Å²) in [5, 5.41) is 10.8. The molecule has 1 aromatic heterocycles. The van der Waals surface area contributed by atoms with Crippen LogP contribution in [0, 0.1) is 20.8 Å². The van der Waals surface area contributed by atoms with Crippen LogP contribution in [0.1, 0.15) is 16.8 Å². The molecule has 0 saturated heterocycles. The molecule has 0 aliphatic heterocycles. The third-order valence-corrected chi connectivity index (χ3v) is 2.64. The first-order valence-electron chi connectivity index (χ1n) is 4.38. The Bertz CT molecular complexity index is 468. The molecular formula is C11H13NO. The van der Waals surface area contributed by atoms with E-state index in [2.05, 4.69) is 18.8 Å². The van der Waals surface area contributed by atoms with Gasteiger partial charge in [0, 0.05) is 11.1 Å². The Balaban J connectivity index is 3.00. The molecule has 1 heterocycles. The number of aromatic amines is 1. The fraction of sp³-hybridized carbons (Fsp3) is 0.273. The Morgan fingerprint density at radius 3 is 2.46 bits per heavy atom. The maximum atomic E-state index is 9.60. The topological polar surface area (TPSA) is 36.0 Å². The average Bonchev–Trinajstić information content (AvgIpc) is 2.38. The van der Waals surface area contributed by atoms with Crippen molar-refractivity contribution in [2.24, 2.45) is 0 Å². The first-order valence-corrected chi connectivity index (χ1v) is 4.38. The fourth-order valence-corrected chi connectivity index (χ4v) is 1.77. The van der Waals surface area contributed by atoms with Crippen LogP contribution in [0.2, 0.25) is 0 Å². The third-order valence-electron chi connectivity index (χ3n) is 2.64. The van der Waals surface area contributed by atoms with Gasteiger partial charge >= 0.3 is 0 Å². The summed E-state index contributed by atoms with van der Waals surface area (Å²) in [5.41, 5.74) is 4.41. The second kappa shape index (κ2) is 2.52. The molecular weight excluding hydrogens is 162 g/mol. The molecule has 2 heteroatoms. The molecule has 0 spiro atoms. The SMILES string of the molecule is Cc1[nH]c2c(O)ccc(C)c2c1C. The van der Waals surface area contributed by atoms with Crippen LogP contribution in [-0.2, 0) is 0 Å². The van der Waals surface area contributed by atoms with E-state index in [0.29, 0.717) is 5.75 Å². The molecule has 0 radical (unpaired) electrons. The lowest BCUT2D eigenvalue weighted by Crippen LogP contribution is -1.77. The van der Waals surface area contributed by atoms with Gasteiger partial charge in [0.25, 0.3) is 0 Å². The summed E-state index contributed by atoms with van der Waals surface area (Å²) >= 11 is 0. The van der Waals surface area contributed by atoms with E-state index < -0.39 is 0 Å². The molecule has 0 amide bonds. The molecule has 1 aromatic carbocycles. The van der Waals surface area contributed by atoms with Gasteiger partial charge in [-0.3, -0.25) is 0 Å². The first-order chi connectivity index (χ1) is 6.11. The molecule has 13 heavy (non-hydrogen) atoms. The van der Waals surface area contributed by atoms with Crippen molar-refractivity contribution < 1.29 is 5.11 Å². The number of benzene rings is 1. The van der Waals surface area contributed by atoms with Crippen molar-refractivity contribution in [1.29, 1.82) is 0 Å². The van der Waals surface area contributed by atoms with Gasteiger partial charge in [-0.25, -0.2) is 0 Å². The number of phenolic OH excluding ortho intramolecular Hbond substituents is 1. The molecule has 0 aliphatic carbocycles. The van der Waals surface area contributed by atoms with Gasteiger partial charge < -0.3 is 10.1 Å². The van der Waals surface area contributed by atoms with Gasteiger partial charge in [-0.05, 0) is 38.0 Å². The number of aromatic nitrogens is 1. The van der Waals surface area contributed by atoms with Gasteiger partial charge in [-0.1, -0.05) is 6.07 Å². The molecule has 0 unspecified atom stereocenters. The van der Waals surface area contributed by atoms with Crippen LogP contribution >= 0.6 is 0 Å². The number of hydrogen-bond donors (Lipinski definition) is 2. The van der Waals surface area contributed by atoms with E-state index in [1.54, 1.807) is 6.07 Å². The maximum absolute atomic E-state index is 9.60. The van der Waals surface area contributed by atoms with Crippen molar-refractivity contribution in [1.82, 2.24) is 4.98 Å². The number of fused-ring (bicyclic) bond motifs is 1. The predicted molar refractivity (Wildman–Crippen MR) is 54.2 cm³/mol. The molecule has 0 fully saturated rings. The lowest BCUT2D eigenvalue weighted by atomic mass is 10.1. The zero-order valence-corrected chi connectivity index (χ0v) is 8.10. The van der Waals surface area contributed by atoms with E-state index in [1.165, 1.54) is 11.1 Å². The number of aromatic hydroxyl groups is 1. The van der Waals surface area contributed by atoms with E-state index in [-0.39, 0.29) is 0 Å². The Kier molecular flexibility index (Phi) is 1.59. The number of H-pyrrole nitrogens is 1. The number of rotatable bonds is 0. The average molecular weight is 175 g/mol. The van der Waals surface area contributed by atoms with Gasteiger partial charge in [0.05, 0.1) is 5.52 Å². The Morgan fingerprint density at radius 1 is 1.15 bits per heavy atom. The number of hydrogen-bond acceptors (Lipinski definition) is 1. The largest absolute Gasteiger partial charge is 0.506 e. The smallest absolute Gasteiger partial charge is 0.139 e. The Morgan fingerprint density at radius 2 is 1.85 bits per heavy atom. The molecule has 0 atom stereocenters. The van der Waals surface area contributed by atoms with E-state index in [4.69, 9.17) is 0 Å². The molecule has 0 aliphatic rings. The van der Waals surface area contributed by atoms with Gasteiger partial charge in [-0.2, -0.15) is 0 Å². The molecule has 0 bridgehead atoms. The fourth-order valence-electron chi connectivity index (χ4n) is 1.77. The summed E-state index contributed by atoms with van der Waals surface area (Å²) in [7, 11) is 0. The summed E-state index contributed by atoms with van der Waals surface area (Å²) in [6.07, 6.45) is 0. The van der Waals surface area contributed by atoms with Crippen LogP contribution in [0.15, 0.2) is 12.1 Å². The van der Waals surface area contributed by atoms with Crippen molar-refractivity contribution in [2.45, 2.75) is 20.8 Å². The van der Waals surface area contributed by atoms with Crippen LogP contribution in [0.3, 0.4) is 0 Å². The number of aryl methyl sites for hydroxylation is 3. The summed E-state index contributed by atoms with van der Waals surface area (Å²) in [4.78, 5) is 3.19. The highest BCUT2D eigenvalue weighted by atomic mass is 16.3. The summed E-state index contributed by atoms with van der Waals surface area (Å²) < 4.78 is 0. The summed E-state index contributed by atoms with van der Waals surface area (Å²) in [6.45, 7) is 6.15. The normalized spacial score (nSPS) is 11.0. The van der Waals surface area contributed by atoms with Crippen molar-refractivity contribution in [3.05, 3.63) is 29.0 Å². The van der Waals surface area contributed by atoms with Crippen molar-refractivity contribution in [2.75, 3.05) is 0 Å². The lowest BCUT2D eigenvalue weighted by Gasteiger charge is -1.99. The van der Waals surface area contributed by atoms with Crippen molar-refractivity contribution >= 4 is 10.9 Å². The van der Waals surface area contributed by atoms with E-state index >= 15 is 0 Å². The second-order valence-corrected chi connectivity index (χ2v) is 3.53. The van der Waals surface area contributed by atoms with Gasteiger partial charge in [-0.15, -0.1) is 0 Å². The third kappa shape index (κ3) is 1.02. The minimum absolute atomic E-state index is 0.330. The number of nitrogens with one attached hydrogen (secondary N) is 1. The monoisotopic (exact) mass is 175 g/mol. The molecule has 2 aromatic rings. The van der Waals surface area contributed by atoms with Crippen LogP contribution in [0.5, 0.6) is 5.75 Å². The minimum Gasteiger partial charge on any atom is -0.506 e. The second-order valence-electron chi connectivity index (χ2n) is 3.53. The quantitative estimate of drug-likeness (QED) is 0.634.